The number of likely N-dealkylation sites (tertiary alicyclic amines) is 1. The Morgan fingerprint density at radius 3 is 2.72 bits per heavy atom. The highest BCUT2D eigenvalue weighted by Gasteiger charge is 2.32. The van der Waals surface area contributed by atoms with E-state index in [4.69, 9.17) is 4.74 Å². The first-order valence-corrected chi connectivity index (χ1v) is 11.8. The fourth-order valence-corrected chi connectivity index (χ4v) is 5.32. The van der Waals surface area contributed by atoms with Crippen LogP contribution in [0.4, 0.5) is 4.39 Å². The molecular weight excluding hydrogens is 365 g/mol. The molecule has 2 atom stereocenters. The molecule has 1 aromatic carbocycles. The third-order valence-electron chi connectivity index (χ3n) is 6.95. The van der Waals surface area contributed by atoms with Crippen LogP contribution in [0.3, 0.4) is 0 Å². The molecule has 0 amide bonds. The number of ether oxygens (including phenoxy) is 1. The van der Waals surface area contributed by atoms with E-state index in [1.54, 1.807) is 6.07 Å². The maximum Gasteiger partial charge on any atom is 0.123 e. The van der Waals surface area contributed by atoms with Crippen LogP contribution in [0.5, 0.6) is 0 Å². The SMILES string of the molecule is Fc1cccc(CN2CCN3CC(COCCCN4CCCCC4)CC[C@H]3C2)c1. The lowest BCUT2D eigenvalue weighted by atomic mass is 9.91. The van der Waals surface area contributed by atoms with Gasteiger partial charge >= 0.3 is 0 Å². The number of fused-ring (bicyclic) bond motifs is 1. The molecule has 0 bridgehead atoms. The van der Waals surface area contributed by atoms with Crippen molar-refractivity contribution < 1.29 is 9.13 Å². The van der Waals surface area contributed by atoms with Gasteiger partial charge in [0.05, 0.1) is 6.61 Å². The first-order chi connectivity index (χ1) is 14.3. The van der Waals surface area contributed by atoms with E-state index in [1.807, 2.05) is 12.1 Å². The normalized spacial score (nSPS) is 27.1. The fourth-order valence-electron chi connectivity index (χ4n) is 5.32. The Bertz CT molecular complexity index is 622. The molecular formula is C24H38FN3O. The van der Waals surface area contributed by atoms with Crippen LogP contribution in [0.1, 0.15) is 44.1 Å². The minimum absolute atomic E-state index is 0.127. The minimum Gasteiger partial charge on any atom is -0.381 e. The zero-order valence-corrected chi connectivity index (χ0v) is 17.9. The Morgan fingerprint density at radius 1 is 0.966 bits per heavy atom. The monoisotopic (exact) mass is 403 g/mol. The van der Waals surface area contributed by atoms with Crippen LogP contribution in [0.25, 0.3) is 0 Å². The highest BCUT2D eigenvalue weighted by molar-refractivity contribution is 5.16. The van der Waals surface area contributed by atoms with Crippen LogP contribution in [-0.4, -0.2) is 79.8 Å². The Balaban J connectivity index is 1.11. The van der Waals surface area contributed by atoms with Gasteiger partial charge in [-0.1, -0.05) is 18.6 Å². The van der Waals surface area contributed by atoms with E-state index in [9.17, 15) is 4.39 Å². The maximum absolute atomic E-state index is 13.4. The topological polar surface area (TPSA) is 19.0 Å². The molecule has 29 heavy (non-hydrogen) atoms. The second-order valence-electron chi connectivity index (χ2n) is 9.29. The zero-order valence-electron chi connectivity index (χ0n) is 17.9. The second-order valence-corrected chi connectivity index (χ2v) is 9.29. The molecule has 0 N–H and O–H groups in total. The zero-order chi connectivity index (χ0) is 19.9. The minimum atomic E-state index is -0.127. The summed E-state index contributed by atoms with van der Waals surface area (Å²) in [5.41, 5.74) is 1.09. The predicted molar refractivity (Wildman–Crippen MR) is 115 cm³/mol. The van der Waals surface area contributed by atoms with Crippen LogP contribution in [-0.2, 0) is 11.3 Å². The third kappa shape index (κ3) is 6.48. The summed E-state index contributed by atoms with van der Waals surface area (Å²) in [6.07, 6.45) is 7.88. The quantitative estimate of drug-likeness (QED) is 0.617. The molecule has 3 fully saturated rings. The summed E-state index contributed by atoms with van der Waals surface area (Å²) in [5.74, 6) is 0.563. The molecule has 5 heteroatoms. The lowest BCUT2D eigenvalue weighted by Crippen LogP contribution is -2.56. The molecule has 4 rings (SSSR count). The molecule has 4 nitrogen and oxygen atoms in total. The molecule has 0 aromatic heterocycles. The molecule has 3 heterocycles. The number of piperazine rings is 1. The van der Waals surface area contributed by atoms with Gasteiger partial charge in [-0.2, -0.15) is 0 Å². The second kappa shape index (κ2) is 10.9. The van der Waals surface area contributed by atoms with E-state index in [0.29, 0.717) is 12.0 Å². The molecule has 0 radical (unpaired) electrons. The molecule has 0 spiro atoms. The van der Waals surface area contributed by atoms with Crippen LogP contribution in [0, 0.1) is 11.7 Å². The largest absolute Gasteiger partial charge is 0.381 e. The van der Waals surface area contributed by atoms with Crippen molar-refractivity contribution in [3.8, 4) is 0 Å². The van der Waals surface area contributed by atoms with Crippen molar-refractivity contribution in [2.75, 3.05) is 59.0 Å². The molecule has 0 saturated carbocycles. The molecule has 1 unspecified atom stereocenters. The molecule has 3 saturated heterocycles. The van der Waals surface area contributed by atoms with Gasteiger partial charge in [-0.25, -0.2) is 4.39 Å². The van der Waals surface area contributed by atoms with E-state index >= 15 is 0 Å². The number of nitrogens with zero attached hydrogens (tertiary/aromatic N) is 3. The van der Waals surface area contributed by atoms with Crippen molar-refractivity contribution in [2.45, 2.75) is 51.1 Å². The van der Waals surface area contributed by atoms with E-state index < -0.39 is 0 Å². The van der Waals surface area contributed by atoms with Gasteiger partial charge in [0, 0.05) is 51.9 Å². The van der Waals surface area contributed by atoms with E-state index in [2.05, 4.69) is 14.7 Å². The van der Waals surface area contributed by atoms with Crippen LogP contribution in [0.2, 0.25) is 0 Å². The average Bonchev–Trinajstić information content (AvgIpc) is 2.74. The maximum atomic E-state index is 13.4. The predicted octanol–water partition coefficient (Wildman–Crippen LogP) is 3.61. The lowest BCUT2D eigenvalue weighted by Gasteiger charge is -2.46. The van der Waals surface area contributed by atoms with Gasteiger partial charge in [0.15, 0.2) is 0 Å². The lowest BCUT2D eigenvalue weighted by molar-refractivity contribution is -0.00317. The Labute approximate surface area is 176 Å². The Hall–Kier alpha value is -1.01. The van der Waals surface area contributed by atoms with Crippen molar-refractivity contribution in [2.24, 2.45) is 5.92 Å². The number of halogens is 1. The first kappa shape index (κ1) is 21.2. The standard InChI is InChI=1S/C24H38FN3O/c25-23-7-4-6-21(16-23)17-27-13-14-28-18-22(8-9-24(28)19-27)20-29-15-5-12-26-10-2-1-3-11-26/h4,6-7,16,22,24H,1-3,5,8-15,17-20H2/t22?,24-/m0/s1. The van der Waals surface area contributed by atoms with Crippen molar-refractivity contribution in [3.05, 3.63) is 35.6 Å². The molecule has 3 aliphatic rings. The highest BCUT2D eigenvalue weighted by Crippen LogP contribution is 2.26. The number of hydrogen-bond donors (Lipinski definition) is 0. The number of benzene rings is 1. The summed E-state index contributed by atoms with van der Waals surface area (Å²) in [6, 6.07) is 7.71. The van der Waals surface area contributed by atoms with E-state index in [1.165, 1.54) is 70.8 Å². The fraction of sp³-hybridized carbons (Fsp3) is 0.750. The van der Waals surface area contributed by atoms with Crippen LogP contribution >= 0.6 is 0 Å². The summed E-state index contributed by atoms with van der Waals surface area (Å²) in [4.78, 5) is 7.77. The van der Waals surface area contributed by atoms with Gasteiger partial charge in [-0.15, -0.1) is 0 Å². The number of piperidine rings is 2. The molecule has 162 valence electrons. The summed E-state index contributed by atoms with van der Waals surface area (Å²) in [5, 5.41) is 0. The van der Waals surface area contributed by atoms with Crippen molar-refractivity contribution >= 4 is 0 Å². The summed E-state index contributed by atoms with van der Waals surface area (Å²) in [7, 11) is 0. The molecule has 0 aliphatic carbocycles. The van der Waals surface area contributed by atoms with Crippen molar-refractivity contribution in [1.82, 2.24) is 14.7 Å². The van der Waals surface area contributed by atoms with Gasteiger partial charge in [-0.3, -0.25) is 9.80 Å². The van der Waals surface area contributed by atoms with Crippen molar-refractivity contribution in [1.29, 1.82) is 0 Å². The average molecular weight is 404 g/mol. The molecule has 1 aromatic rings. The Kier molecular flexibility index (Phi) is 7.94. The van der Waals surface area contributed by atoms with Gasteiger partial charge in [0.1, 0.15) is 5.82 Å². The summed E-state index contributed by atoms with van der Waals surface area (Å²) < 4.78 is 19.5. The number of rotatable bonds is 8. The van der Waals surface area contributed by atoms with Crippen molar-refractivity contribution in [3.63, 3.8) is 0 Å². The third-order valence-corrected chi connectivity index (χ3v) is 6.95. The smallest absolute Gasteiger partial charge is 0.123 e. The van der Waals surface area contributed by atoms with E-state index in [-0.39, 0.29) is 5.82 Å². The van der Waals surface area contributed by atoms with Gasteiger partial charge in [0.25, 0.3) is 0 Å². The van der Waals surface area contributed by atoms with E-state index in [0.717, 1.165) is 45.0 Å². The first-order valence-electron chi connectivity index (χ1n) is 11.8. The van der Waals surface area contributed by atoms with Gasteiger partial charge < -0.3 is 9.64 Å². The number of hydrogen-bond acceptors (Lipinski definition) is 4. The highest BCUT2D eigenvalue weighted by atomic mass is 19.1. The molecule has 3 aliphatic heterocycles. The van der Waals surface area contributed by atoms with Gasteiger partial charge in [-0.05, 0) is 68.8 Å². The Morgan fingerprint density at radius 2 is 1.86 bits per heavy atom. The van der Waals surface area contributed by atoms with Gasteiger partial charge in [0.2, 0.25) is 0 Å². The summed E-state index contributed by atoms with van der Waals surface area (Å²) in [6.45, 7) is 11.0. The summed E-state index contributed by atoms with van der Waals surface area (Å²) >= 11 is 0. The van der Waals surface area contributed by atoms with Crippen LogP contribution in [0.15, 0.2) is 24.3 Å². The van der Waals surface area contributed by atoms with Crippen LogP contribution < -0.4 is 0 Å².